The lowest BCUT2D eigenvalue weighted by Gasteiger charge is -2.42. The molecule has 24 nitrogen and oxygen atoms in total. The molecule has 498 valence electrons. The molecule has 2 bridgehead atoms. The van der Waals surface area contributed by atoms with Crippen molar-refractivity contribution < 1.29 is 79.0 Å². The van der Waals surface area contributed by atoms with Gasteiger partial charge in [-0.1, -0.05) is 35.5 Å². The lowest BCUT2D eigenvalue weighted by Crippen LogP contribution is -2.48. The van der Waals surface area contributed by atoms with Crippen molar-refractivity contribution in [3.8, 4) is 5.75 Å². The molecule has 2 N–H and O–H groups in total. The van der Waals surface area contributed by atoms with E-state index in [4.69, 9.17) is 43.0 Å². The first-order valence-electron chi connectivity index (χ1n) is 31.4. The standard InChI is InChI=1S/C62H83F5N12O12/c1-43-72-74-58(79(43)52-35-50-7-8-51(36-52)78(50)16-11-55(44-5-3-2-4-6-44)71-60(82)45-9-13-62(66,67)14-10-45)47-39-76(40-47)61-69-37-46(38-70-61)59(81)68-15-19-84-22-25-87-29-30-89-31-32-90-42-49-41-77(75-73-49)17-20-85-23-26-88-28-27-86-24-21-83-18-12-56(80)91-57-53(64)33-48(63)34-54(57)65/h2-6,33-34,37-38,41,45,47,50-52,55H,7-32,35-36,39-40,42H2,1H3,(H,68,81)(H,71,82)/t50?,51?,52?,55-/m0/s1. The number of halogens is 5. The Balaban J connectivity index is 0.541. The predicted molar refractivity (Wildman–Crippen MR) is 317 cm³/mol. The molecular weight excluding hydrogens is 1200 g/mol. The largest absolute Gasteiger partial charge is 0.420 e. The predicted octanol–water partition coefficient (Wildman–Crippen LogP) is 6.29. The number of esters is 1. The van der Waals surface area contributed by atoms with E-state index in [0.717, 1.165) is 55.9 Å². The summed E-state index contributed by atoms with van der Waals surface area (Å²) >= 11 is 0. The number of nitrogens with zero attached hydrogens (tertiary/aromatic N) is 10. The van der Waals surface area contributed by atoms with E-state index in [1.807, 2.05) is 37.3 Å². The maximum Gasteiger partial charge on any atom is 0.313 e. The number of amides is 2. The molecule has 0 radical (unpaired) electrons. The molecule has 5 aromatic rings. The molecule has 3 atom stereocenters. The third kappa shape index (κ3) is 21.2. The monoisotopic (exact) mass is 1280 g/mol. The number of benzene rings is 2. The summed E-state index contributed by atoms with van der Waals surface area (Å²) in [6, 6.07) is 11.7. The highest BCUT2D eigenvalue weighted by Gasteiger charge is 2.44. The van der Waals surface area contributed by atoms with Crippen LogP contribution >= 0.6 is 0 Å². The number of fused-ring (bicyclic) bond motifs is 2. The zero-order valence-corrected chi connectivity index (χ0v) is 51.4. The van der Waals surface area contributed by atoms with Crippen LogP contribution in [0.5, 0.6) is 5.75 Å². The van der Waals surface area contributed by atoms with Crippen molar-refractivity contribution in [1.82, 2.24) is 55.3 Å². The first kappa shape index (κ1) is 68.7. The normalized spacial score (nSPS) is 18.7. The second-order valence-corrected chi connectivity index (χ2v) is 23.0. The molecule has 0 spiro atoms. The van der Waals surface area contributed by atoms with E-state index in [1.54, 1.807) is 10.9 Å². The molecule has 2 amide bonds. The molecular formula is C62H83F5N12O12. The van der Waals surface area contributed by atoms with Crippen LogP contribution in [0.4, 0.5) is 27.9 Å². The molecule has 9 rings (SSSR count). The number of aromatic nitrogens is 8. The highest BCUT2D eigenvalue weighted by atomic mass is 19.3. The van der Waals surface area contributed by atoms with E-state index < -0.39 is 35.1 Å². The zero-order chi connectivity index (χ0) is 63.8. The summed E-state index contributed by atoms with van der Waals surface area (Å²) in [6.45, 7) is 10.0. The second-order valence-electron chi connectivity index (χ2n) is 23.0. The first-order chi connectivity index (χ1) is 44.3. The van der Waals surface area contributed by atoms with Crippen LogP contribution in [0.3, 0.4) is 0 Å². The number of anilines is 1. The summed E-state index contributed by atoms with van der Waals surface area (Å²) in [7, 11) is 0. The fraction of sp³-hybridized carbons (Fsp3) is 0.629. The van der Waals surface area contributed by atoms with Gasteiger partial charge in [0.15, 0.2) is 11.6 Å². The minimum atomic E-state index is -2.68. The van der Waals surface area contributed by atoms with Gasteiger partial charge in [0.1, 0.15) is 23.2 Å². The van der Waals surface area contributed by atoms with E-state index in [2.05, 4.69) is 55.1 Å². The zero-order valence-electron chi connectivity index (χ0n) is 51.4. The third-order valence-corrected chi connectivity index (χ3v) is 16.5. The van der Waals surface area contributed by atoms with E-state index in [-0.39, 0.29) is 94.3 Å². The van der Waals surface area contributed by atoms with Gasteiger partial charge in [0.25, 0.3) is 5.91 Å². The van der Waals surface area contributed by atoms with Gasteiger partial charge in [-0.05, 0) is 57.4 Å². The van der Waals surface area contributed by atoms with Crippen LogP contribution in [-0.2, 0) is 60.6 Å². The first-order valence-corrected chi connectivity index (χ1v) is 31.4. The van der Waals surface area contributed by atoms with Crippen LogP contribution in [-0.4, -0.2) is 206 Å². The van der Waals surface area contributed by atoms with Crippen LogP contribution in [0, 0.1) is 30.3 Å². The minimum absolute atomic E-state index is 0.0558. The number of hydrogen-bond donors (Lipinski definition) is 2. The number of hydrogen-bond acceptors (Lipinski definition) is 20. The van der Waals surface area contributed by atoms with Gasteiger partial charge in [-0.25, -0.2) is 36.6 Å². The SMILES string of the molecule is Cc1nnc(C2CN(c3ncc(C(=O)NCCOCCOCCOCCOCc4cn(CCOCCOCCOCCOCCC(=O)Oc5c(F)cc(F)cc5F)nn4)cn3)C2)n1C1CC2CCC(C1)N2CC[C@H](NC(=O)C1CCC(F)(F)CC1)c1ccccc1. The highest BCUT2D eigenvalue weighted by molar-refractivity contribution is 5.93. The summed E-state index contributed by atoms with van der Waals surface area (Å²) in [6.07, 6.45) is 9.49. The average molecular weight is 1280 g/mol. The number of carbonyl (C=O) groups excluding carboxylic acids is 3. The van der Waals surface area contributed by atoms with Crippen molar-refractivity contribution in [2.24, 2.45) is 5.92 Å². The molecule has 6 heterocycles. The smallest absolute Gasteiger partial charge is 0.313 e. The van der Waals surface area contributed by atoms with E-state index in [1.165, 1.54) is 12.4 Å². The molecule has 91 heavy (non-hydrogen) atoms. The van der Waals surface area contributed by atoms with Gasteiger partial charge >= 0.3 is 5.97 Å². The molecule has 4 aliphatic rings. The van der Waals surface area contributed by atoms with E-state index in [0.29, 0.717) is 147 Å². The Morgan fingerprint density at radius 3 is 1.89 bits per heavy atom. The Morgan fingerprint density at radius 2 is 1.26 bits per heavy atom. The molecule has 3 aromatic heterocycles. The van der Waals surface area contributed by atoms with Gasteiger partial charge in [0.2, 0.25) is 23.5 Å². The summed E-state index contributed by atoms with van der Waals surface area (Å²) in [4.78, 5) is 51.8. The van der Waals surface area contributed by atoms with E-state index >= 15 is 0 Å². The fourth-order valence-corrected chi connectivity index (χ4v) is 11.8. The van der Waals surface area contributed by atoms with Crippen molar-refractivity contribution in [3.05, 3.63) is 107 Å². The molecule has 3 aliphatic heterocycles. The summed E-state index contributed by atoms with van der Waals surface area (Å²) in [5.74, 6) is -6.50. The quantitative estimate of drug-likeness (QED) is 0.0189. The Morgan fingerprint density at radius 1 is 0.681 bits per heavy atom. The molecule has 2 aromatic carbocycles. The maximum atomic E-state index is 13.9. The number of carbonyl (C=O) groups is 3. The Hall–Kier alpha value is -6.70. The molecule has 1 saturated carbocycles. The molecule has 1 aliphatic carbocycles. The van der Waals surface area contributed by atoms with Gasteiger partial charge in [-0.3, -0.25) is 19.3 Å². The lowest BCUT2D eigenvalue weighted by atomic mass is 9.86. The molecule has 2 unspecified atom stereocenters. The second kappa shape index (κ2) is 35.4. The Labute approximate surface area is 525 Å². The molecule has 3 saturated heterocycles. The lowest BCUT2D eigenvalue weighted by molar-refractivity contribution is -0.136. The van der Waals surface area contributed by atoms with Gasteiger partial charge in [0, 0.05) is 87.6 Å². The molecule has 29 heteroatoms. The number of piperidine rings is 1. The third-order valence-electron chi connectivity index (χ3n) is 16.5. The van der Waals surface area contributed by atoms with Crippen LogP contribution in [0.25, 0.3) is 0 Å². The van der Waals surface area contributed by atoms with Crippen molar-refractivity contribution in [1.29, 1.82) is 0 Å². The minimum Gasteiger partial charge on any atom is -0.420 e. The van der Waals surface area contributed by atoms with Crippen LogP contribution in [0.15, 0.2) is 61.1 Å². The van der Waals surface area contributed by atoms with Crippen molar-refractivity contribution >= 4 is 23.7 Å². The number of ether oxygens (including phenoxy) is 9. The Bertz CT molecular complexity index is 2990. The summed E-state index contributed by atoms with van der Waals surface area (Å²) in [5.41, 5.74) is 2.06. The van der Waals surface area contributed by atoms with Gasteiger partial charge in [-0.2, -0.15) is 0 Å². The van der Waals surface area contributed by atoms with Crippen molar-refractivity contribution in [2.75, 3.05) is 130 Å². The number of nitrogens with one attached hydrogen (secondary N) is 2. The van der Waals surface area contributed by atoms with Crippen molar-refractivity contribution in [2.45, 2.75) is 120 Å². The maximum absolute atomic E-state index is 13.9. The summed E-state index contributed by atoms with van der Waals surface area (Å²) in [5, 5.41) is 23.6. The van der Waals surface area contributed by atoms with Gasteiger partial charge in [-0.15, -0.1) is 15.3 Å². The van der Waals surface area contributed by atoms with Gasteiger partial charge in [0.05, 0.1) is 142 Å². The van der Waals surface area contributed by atoms with Crippen LogP contribution in [0.1, 0.15) is 115 Å². The van der Waals surface area contributed by atoms with Crippen LogP contribution < -0.4 is 20.3 Å². The number of alkyl halides is 2. The van der Waals surface area contributed by atoms with E-state index in [9.17, 15) is 36.3 Å². The van der Waals surface area contributed by atoms with Crippen molar-refractivity contribution in [3.63, 3.8) is 0 Å². The highest BCUT2D eigenvalue weighted by Crippen LogP contribution is 2.44. The Kier molecular flexibility index (Phi) is 26.7. The van der Waals surface area contributed by atoms with Crippen LogP contribution in [0.2, 0.25) is 0 Å². The number of aryl methyl sites for hydroxylation is 1. The number of rotatable bonds is 40. The molecule has 4 fully saturated rings. The average Bonchev–Trinajstić information content (AvgIpc) is 1.72. The topological polar surface area (TPSA) is 252 Å². The van der Waals surface area contributed by atoms with Gasteiger partial charge < -0.3 is 62.7 Å². The summed E-state index contributed by atoms with van der Waals surface area (Å²) < 4.78 is 121. The fourth-order valence-electron chi connectivity index (χ4n) is 11.8.